The minimum atomic E-state index is 0.118. The minimum absolute atomic E-state index is 0.118. The van der Waals surface area contributed by atoms with Gasteiger partial charge in [-0.1, -0.05) is 25.7 Å². The van der Waals surface area contributed by atoms with Crippen LogP contribution in [0.5, 0.6) is 0 Å². The van der Waals surface area contributed by atoms with Gasteiger partial charge < -0.3 is 16.0 Å². The first kappa shape index (κ1) is 21.0. The number of rotatable bonds is 7. The molecule has 150 valence electrons. The van der Waals surface area contributed by atoms with Gasteiger partial charge in [0.05, 0.1) is 0 Å². The highest BCUT2D eigenvalue weighted by molar-refractivity contribution is 5.80. The maximum atomic E-state index is 12.2. The molecule has 2 rings (SSSR count). The van der Waals surface area contributed by atoms with E-state index in [0.29, 0.717) is 13.1 Å². The monoisotopic (exact) mass is 365 g/mol. The number of hydrogen-bond acceptors (Lipinski definition) is 3. The summed E-state index contributed by atoms with van der Waals surface area (Å²) in [4.78, 5) is 19.0. The van der Waals surface area contributed by atoms with E-state index < -0.39 is 0 Å². The number of hydrogen-bond donors (Lipinski definition) is 3. The van der Waals surface area contributed by atoms with Gasteiger partial charge in [-0.25, -0.2) is 0 Å². The van der Waals surface area contributed by atoms with Crippen LogP contribution < -0.4 is 16.0 Å². The second-order valence-electron chi connectivity index (χ2n) is 8.34. The second kappa shape index (κ2) is 10.8. The van der Waals surface area contributed by atoms with Crippen molar-refractivity contribution in [3.05, 3.63) is 0 Å². The van der Waals surface area contributed by atoms with Crippen LogP contribution in [-0.2, 0) is 4.79 Å². The Bertz CT molecular complexity index is 451. The highest BCUT2D eigenvalue weighted by atomic mass is 16.1. The van der Waals surface area contributed by atoms with Crippen LogP contribution in [-0.4, -0.2) is 62.1 Å². The molecular formula is C20H39N5O. The number of aliphatic imine (C=N–C) groups is 1. The third-order valence-electron chi connectivity index (χ3n) is 5.82. The van der Waals surface area contributed by atoms with Crippen LogP contribution in [0.15, 0.2) is 4.99 Å². The molecule has 1 aliphatic carbocycles. The Morgan fingerprint density at radius 2 is 1.58 bits per heavy atom. The Morgan fingerprint density at radius 1 is 0.962 bits per heavy atom. The smallest absolute Gasteiger partial charge is 0.223 e. The van der Waals surface area contributed by atoms with Gasteiger partial charge in [-0.3, -0.25) is 14.7 Å². The highest BCUT2D eigenvalue weighted by Gasteiger charge is 2.27. The molecule has 0 aromatic rings. The predicted molar refractivity (Wildman–Crippen MR) is 108 cm³/mol. The van der Waals surface area contributed by atoms with Gasteiger partial charge in [0, 0.05) is 38.1 Å². The summed E-state index contributed by atoms with van der Waals surface area (Å²) < 4.78 is 0. The van der Waals surface area contributed by atoms with Crippen LogP contribution in [0, 0.1) is 5.92 Å². The molecule has 1 amide bonds. The van der Waals surface area contributed by atoms with Crippen LogP contribution >= 0.6 is 0 Å². The van der Waals surface area contributed by atoms with E-state index in [1.54, 1.807) is 7.05 Å². The lowest BCUT2D eigenvalue weighted by Gasteiger charge is -2.41. The fourth-order valence-corrected chi connectivity index (χ4v) is 4.01. The number of likely N-dealkylation sites (tertiary alicyclic amines) is 1. The summed E-state index contributed by atoms with van der Waals surface area (Å²) >= 11 is 0. The molecule has 2 fully saturated rings. The van der Waals surface area contributed by atoms with Crippen molar-refractivity contribution in [2.24, 2.45) is 10.9 Å². The molecule has 0 bridgehead atoms. The zero-order valence-corrected chi connectivity index (χ0v) is 17.1. The molecule has 1 saturated heterocycles. The van der Waals surface area contributed by atoms with E-state index in [2.05, 4.69) is 39.7 Å². The van der Waals surface area contributed by atoms with Gasteiger partial charge in [-0.15, -0.1) is 0 Å². The first-order chi connectivity index (χ1) is 12.5. The molecule has 0 aromatic heterocycles. The van der Waals surface area contributed by atoms with Crippen LogP contribution in [0.3, 0.4) is 0 Å². The topological polar surface area (TPSA) is 68.8 Å². The van der Waals surface area contributed by atoms with E-state index in [1.807, 2.05) is 0 Å². The number of nitrogens with one attached hydrogen (secondary N) is 3. The average molecular weight is 366 g/mol. The summed E-state index contributed by atoms with van der Waals surface area (Å²) in [6, 6.07) is 0. The first-order valence-corrected chi connectivity index (χ1v) is 10.5. The van der Waals surface area contributed by atoms with Gasteiger partial charge in [-0.05, 0) is 52.6 Å². The van der Waals surface area contributed by atoms with Crippen LogP contribution in [0.25, 0.3) is 0 Å². The molecule has 0 unspecified atom stereocenters. The lowest BCUT2D eigenvalue weighted by molar-refractivity contribution is -0.125. The number of guanidine groups is 1. The molecule has 0 aromatic carbocycles. The highest BCUT2D eigenvalue weighted by Crippen LogP contribution is 2.23. The SMILES string of the molecule is CN=C(NCCNC(=O)C1CCCCC1)NCC(C)(C)N1CCCCC1. The van der Waals surface area contributed by atoms with E-state index in [9.17, 15) is 4.79 Å². The number of carbonyl (C=O) groups is 1. The zero-order valence-electron chi connectivity index (χ0n) is 17.1. The van der Waals surface area contributed by atoms with Crippen molar-refractivity contribution in [2.45, 2.75) is 70.8 Å². The second-order valence-corrected chi connectivity index (χ2v) is 8.34. The molecule has 6 heteroatoms. The molecule has 0 radical (unpaired) electrons. The van der Waals surface area contributed by atoms with Crippen molar-refractivity contribution in [1.82, 2.24) is 20.9 Å². The van der Waals surface area contributed by atoms with Crippen molar-refractivity contribution < 1.29 is 4.79 Å². The third kappa shape index (κ3) is 6.78. The van der Waals surface area contributed by atoms with Crippen molar-refractivity contribution in [3.8, 4) is 0 Å². The minimum Gasteiger partial charge on any atom is -0.355 e. The summed E-state index contributed by atoms with van der Waals surface area (Å²) in [6.07, 6.45) is 9.73. The fraction of sp³-hybridized carbons (Fsp3) is 0.900. The third-order valence-corrected chi connectivity index (χ3v) is 5.82. The van der Waals surface area contributed by atoms with Crippen LogP contribution in [0.1, 0.15) is 65.2 Å². The Kier molecular flexibility index (Phi) is 8.69. The molecular weight excluding hydrogens is 326 g/mol. The lowest BCUT2D eigenvalue weighted by Crippen LogP contribution is -2.55. The van der Waals surface area contributed by atoms with Crippen molar-refractivity contribution in [2.75, 3.05) is 39.8 Å². The van der Waals surface area contributed by atoms with Crippen LogP contribution in [0.4, 0.5) is 0 Å². The van der Waals surface area contributed by atoms with E-state index in [-0.39, 0.29) is 17.4 Å². The molecule has 2 aliphatic rings. The van der Waals surface area contributed by atoms with Crippen molar-refractivity contribution in [3.63, 3.8) is 0 Å². The Labute approximate surface area is 159 Å². The number of carbonyl (C=O) groups excluding carboxylic acids is 1. The molecule has 1 aliphatic heterocycles. The predicted octanol–water partition coefficient (Wildman–Crippen LogP) is 2.11. The zero-order chi connectivity index (χ0) is 18.8. The molecule has 26 heavy (non-hydrogen) atoms. The van der Waals surface area contributed by atoms with E-state index in [4.69, 9.17) is 0 Å². The summed E-state index contributed by atoms with van der Waals surface area (Å²) in [5.74, 6) is 1.26. The van der Waals surface area contributed by atoms with Gasteiger partial charge >= 0.3 is 0 Å². The Balaban J connectivity index is 1.63. The molecule has 1 saturated carbocycles. The van der Waals surface area contributed by atoms with Gasteiger partial charge in [0.15, 0.2) is 5.96 Å². The standard InChI is InChI=1S/C20H39N5O/c1-20(2,25-14-8-5-9-15-25)16-24-19(21-3)23-13-12-22-18(26)17-10-6-4-7-11-17/h17H,4-16H2,1-3H3,(H,22,26)(H2,21,23,24). The van der Waals surface area contributed by atoms with Crippen molar-refractivity contribution >= 4 is 11.9 Å². The lowest BCUT2D eigenvalue weighted by atomic mass is 9.89. The van der Waals surface area contributed by atoms with Gasteiger partial charge in [0.1, 0.15) is 0 Å². The van der Waals surface area contributed by atoms with E-state index >= 15 is 0 Å². The fourth-order valence-electron chi connectivity index (χ4n) is 4.01. The quantitative estimate of drug-likeness (QED) is 0.367. The summed E-state index contributed by atoms with van der Waals surface area (Å²) in [6.45, 7) is 9.17. The summed E-state index contributed by atoms with van der Waals surface area (Å²) in [5, 5.41) is 9.82. The molecule has 6 nitrogen and oxygen atoms in total. The van der Waals surface area contributed by atoms with Crippen molar-refractivity contribution in [1.29, 1.82) is 0 Å². The maximum Gasteiger partial charge on any atom is 0.223 e. The number of amides is 1. The Morgan fingerprint density at radius 3 is 2.23 bits per heavy atom. The first-order valence-electron chi connectivity index (χ1n) is 10.5. The largest absolute Gasteiger partial charge is 0.355 e. The van der Waals surface area contributed by atoms with Gasteiger partial charge in [-0.2, -0.15) is 0 Å². The van der Waals surface area contributed by atoms with Gasteiger partial charge in [0.2, 0.25) is 5.91 Å². The molecule has 0 atom stereocenters. The molecule has 3 N–H and O–H groups in total. The average Bonchev–Trinajstić information content (AvgIpc) is 2.68. The number of piperidine rings is 1. The summed E-state index contributed by atoms with van der Waals surface area (Å²) in [7, 11) is 1.80. The van der Waals surface area contributed by atoms with Gasteiger partial charge in [0.25, 0.3) is 0 Å². The molecule has 1 heterocycles. The number of nitrogens with zero attached hydrogens (tertiary/aromatic N) is 2. The summed E-state index contributed by atoms with van der Waals surface area (Å²) in [5.41, 5.74) is 0.118. The van der Waals surface area contributed by atoms with Crippen LogP contribution in [0.2, 0.25) is 0 Å². The Hall–Kier alpha value is -1.30. The van der Waals surface area contributed by atoms with E-state index in [0.717, 1.165) is 25.3 Å². The maximum absolute atomic E-state index is 12.2. The van der Waals surface area contributed by atoms with E-state index in [1.165, 1.54) is 51.6 Å². The molecule has 0 spiro atoms. The normalized spacial score (nSPS) is 20.7.